The van der Waals surface area contributed by atoms with Crippen molar-refractivity contribution in [2.45, 2.75) is 0 Å². The van der Waals surface area contributed by atoms with E-state index in [1.165, 1.54) is 5.15 Å². The van der Waals surface area contributed by atoms with Crippen molar-refractivity contribution >= 4 is 11.9 Å². The van der Waals surface area contributed by atoms with Gasteiger partial charge < -0.3 is 10.2 Å². The average molecular weight is 198 g/mol. The second-order valence-corrected chi connectivity index (χ2v) is 1.14. The van der Waals surface area contributed by atoms with E-state index in [4.69, 9.17) is 19.3 Å². The monoisotopic (exact) mass is 198 g/mol. The number of halogens is 2. The van der Waals surface area contributed by atoms with Crippen LogP contribution in [0.3, 0.4) is 0 Å². The van der Waals surface area contributed by atoms with Gasteiger partial charge in [0.1, 0.15) is 0 Å². The SMILES string of the molecule is C=CC(=O)O.C=CC(=O)O.FOF. The zero-order valence-corrected chi connectivity index (χ0v) is 6.44. The van der Waals surface area contributed by atoms with Crippen molar-refractivity contribution in [1.29, 1.82) is 0 Å². The highest BCUT2D eigenvalue weighted by molar-refractivity contribution is 5.79. The van der Waals surface area contributed by atoms with E-state index in [0.29, 0.717) is 0 Å². The molecular weight excluding hydrogens is 190 g/mol. The smallest absolute Gasteiger partial charge is 0.327 e. The summed E-state index contributed by atoms with van der Waals surface area (Å²) in [6.07, 6.45) is 1.67. The first-order chi connectivity index (χ1) is 5.95. The normalized spacial score (nSPS) is 6.31. The third-order valence-corrected chi connectivity index (χ3v) is 0.349. The van der Waals surface area contributed by atoms with Crippen LogP contribution in [0.25, 0.3) is 0 Å². The van der Waals surface area contributed by atoms with Gasteiger partial charge in [0.05, 0.1) is 0 Å². The van der Waals surface area contributed by atoms with E-state index in [1.54, 1.807) is 0 Å². The van der Waals surface area contributed by atoms with Gasteiger partial charge in [-0.1, -0.05) is 13.2 Å². The first-order valence-electron chi connectivity index (χ1n) is 2.56. The number of carboxylic acids is 2. The molecule has 0 aliphatic heterocycles. The fourth-order valence-corrected chi connectivity index (χ4v) is 0. The number of rotatable bonds is 2. The first-order valence-corrected chi connectivity index (χ1v) is 2.56. The van der Waals surface area contributed by atoms with E-state index in [1.807, 2.05) is 0 Å². The molecule has 0 radical (unpaired) electrons. The second kappa shape index (κ2) is 16.7. The molecule has 2 N–H and O–H groups in total. The highest BCUT2D eigenvalue weighted by atomic mass is 19.6. The standard InChI is InChI=1S/2C3H4O2.F2O/c2*1-2-3(4)5;1-3-2/h2*2H,1H2,(H,4,5);. The fraction of sp³-hybridized carbons (Fsp3) is 0. The molecule has 0 aromatic heterocycles. The van der Waals surface area contributed by atoms with E-state index >= 15 is 0 Å². The van der Waals surface area contributed by atoms with Gasteiger partial charge in [-0.05, 0) is 9.05 Å². The summed E-state index contributed by atoms with van der Waals surface area (Å²) in [5.74, 6) is -1.96. The Morgan fingerprint density at radius 1 is 1.08 bits per heavy atom. The topological polar surface area (TPSA) is 83.8 Å². The Kier molecular flexibility index (Phi) is 22.3. The van der Waals surface area contributed by atoms with E-state index in [9.17, 15) is 9.59 Å². The maximum absolute atomic E-state index is 9.25. The van der Waals surface area contributed by atoms with Crippen molar-refractivity contribution in [3.05, 3.63) is 25.3 Å². The molecule has 0 aromatic rings. The Bertz CT molecular complexity index is 150. The van der Waals surface area contributed by atoms with Gasteiger partial charge in [-0.2, -0.15) is 0 Å². The number of hydrogen-bond acceptors (Lipinski definition) is 3. The van der Waals surface area contributed by atoms with Crippen LogP contribution in [-0.2, 0) is 14.7 Å². The Morgan fingerprint density at radius 3 is 1.15 bits per heavy atom. The van der Waals surface area contributed by atoms with Gasteiger partial charge in [-0.15, -0.1) is 0 Å². The molecule has 0 fully saturated rings. The third kappa shape index (κ3) is 139. The van der Waals surface area contributed by atoms with Gasteiger partial charge in [0, 0.05) is 17.3 Å². The Labute approximate surface area is 72.4 Å². The minimum atomic E-state index is -0.981. The van der Waals surface area contributed by atoms with Crippen LogP contribution in [-0.4, -0.2) is 22.2 Å². The van der Waals surface area contributed by atoms with Crippen molar-refractivity contribution in [3.8, 4) is 0 Å². The zero-order chi connectivity index (χ0) is 11.3. The molecule has 0 aliphatic rings. The van der Waals surface area contributed by atoms with E-state index in [0.717, 1.165) is 12.2 Å². The first kappa shape index (κ1) is 17.4. The fourth-order valence-electron chi connectivity index (χ4n) is 0. The van der Waals surface area contributed by atoms with E-state index < -0.39 is 11.9 Å². The van der Waals surface area contributed by atoms with Gasteiger partial charge in [-0.3, -0.25) is 0 Å². The summed E-state index contributed by atoms with van der Waals surface area (Å²) in [6.45, 7) is 5.92. The molecule has 0 bridgehead atoms. The largest absolute Gasteiger partial charge is 0.478 e. The number of carboxylic acid groups (broad SMARTS) is 2. The lowest BCUT2D eigenvalue weighted by atomic mass is 10.7. The summed E-state index contributed by atoms with van der Waals surface area (Å²) in [4.78, 5) is 18.5. The maximum atomic E-state index is 9.25. The summed E-state index contributed by atoms with van der Waals surface area (Å²) in [6, 6.07) is 0. The molecule has 76 valence electrons. The molecule has 13 heavy (non-hydrogen) atoms. The molecule has 5 nitrogen and oxygen atoms in total. The molecular formula is C6H8F2O5. The van der Waals surface area contributed by atoms with Crippen molar-refractivity contribution in [2.24, 2.45) is 0 Å². The van der Waals surface area contributed by atoms with Gasteiger partial charge in [0.2, 0.25) is 0 Å². The zero-order valence-electron chi connectivity index (χ0n) is 6.44. The predicted molar refractivity (Wildman–Crippen MR) is 39.0 cm³/mol. The van der Waals surface area contributed by atoms with Crippen LogP contribution in [0.1, 0.15) is 0 Å². The molecule has 0 atom stereocenters. The molecule has 0 saturated carbocycles. The van der Waals surface area contributed by atoms with E-state index in [-0.39, 0.29) is 0 Å². The van der Waals surface area contributed by atoms with Crippen LogP contribution in [0.2, 0.25) is 0 Å². The molecule has 0 amide bonds. The van der Waals surface area contributed by atoms with Crippen molar-refractivity contribution < 1.29 is 34.0 Å². The van der Waals surface area contributed by atoms with Gasteiger partial charge >= 0.3 is 11.9 Å². The molecule has 7 heteroatoms. The molecule has 0 spiro atoms. The molecule has 0 rings (SSSR count). The van der Waals surface area contributed by atoms with Crippen molar-refractivity contribution in [2.75, 3.05) is 0 Å². The highest BCUT2D eigenvalue weighted by Crippen LogP contribution is 1.61. The minimum Gasteiger partial charge on any atom is -0.478 e. The summed E-state index contributed by atoms with van der Waals surface area (Å²) in [7, 11) is 0. The second-order valence-electron chi connectivity index (χ2n) is 1.14. The van der Waals surface area contributed by atoms with E-state index in [2.05, 4.69) is 13.2 Å². The lowest BCUT2D eigenvalue weighted by molar-refractivity contribution is -0.317. The van der Waals surface area contributed by atoms with Crippen LogP contribution < -0.4 is 0 Å². The van der Waals surface area contributed by atoms with Crippen LogP contribution in [0, 0.1) is 0 Å². The summed E-state index contributed by atoms with van der Waals surface area (Å²) >= 11 is 0. The van der Waals surface area contributed by atoms with Crippen LogP contribution >= 0.6 is 0 Å². The van der Waals surface area contributed by atoms with Crippen LogP contribution in [0.5, 0.6) is 0 Å². The Morgan fingerprint density at radius 2 is 1.15 bits per heavy atom. The number of carbonyl (C=O) groups is 2. The quantitative estimate of drug-likeness (QED) is 0.653. The lowest BCUT2D eigenvalue weighted by Gasteiger charge is -1.64. The Hall–Kier alpha value is -1.76. The van der Waals surface area contributed by atoms with Crippen molar-refractivity contribution in [1.82, 2.24) is 0 Å². The Balaban J connectivity index is -0.000000120. The highest BCUT2D eigenvalue weighted by Gasteiger charge is 1.73. The third-order valence-electron chi connectivity index (χ3n) is 0.349. The lowest BCUT2D eigenvalue weighted by Crippen LogP contribution is -1.82. The predicted octanol–water partition coefficient (Wildman–Crippen LogP) is 1.29. The van der Waals surface area contributed by atoms with Gasteiger partial charge in [-0.25, -0.2) is 9.59 Å². The molecule has 0 unspecified atom stereocenters. The average Bonchev–Trinajstić information content (AvgIpc) is 2.07. The molecule has 0 heterocycles. The van der Waals surface area contributed by atoms with Crippen molar-refractivity contribution in [3.63, 3.8) is 0 Å². The van der Waals surface area contributed by atoms with Gasteiger partial charge in [0.15, 0.2) is 0 Å². The molecule has 0 saturated heterocycles. The number of aliphatic carboxylic acids is 2. The maximum Gasteiger partial charge on any atom is 0.327 e. The van der Waals surface area contributed by atoms with Crippen LogP contribution in [0.15, 0.2) is 25.3 Å². The minimum absolute atomic E-state index is 0.833. The molecule has 0 aliphatic carbocycles. The summed E-state index contributed by atoms with van der Waals surface area (Å²) < 4.78 is 18.2. The summed E-state index contributed by atoms with van der Waals surface area (Å²) in [5, 5.41) is 16.5. The van der Waals surface area contributed by atoms with Crippen LogP contribution in [0.4, 0.5) is 9.05 Å². The molecule has 0 aromatic carbocycles. The number of hydrogen-bond donors (Lipinski definition) is 2. The van der Waals surface area contributed by atoms with Gasteiger partial charge in [0.25, 0.3) is 0 Å². The summed E-state index contributed by atoms with van der Waals surface area (Å²) in [5.41, 5.74) is 0.